The lowest BCUT2D eigenvalue weighted by Crippen LogP contribution is -1.86. The van der Waals surface area contributed by atoms with Gasteiger partial charge in [-0.05, 0) is 29.7 Å². The minimum absolute atomic E-state index is 0.0542. The molecule has 3 rings (SSSR count). The third-order valence-electron chi connectivity index (χ3n) is 2.68. The number of hydrogen-bond donors (Lipinski definition) is 2. The molecule has 0 aliphatic rings. The monoisotopic (exact) mass is 339 g/mol. The molecular formula is C12H7Cl2N5OS. The number of benzene rings is 1. The van der Waals surface area contributed by atoms with E-state index in [1.165, 1.54) is 17.6 Å². The van der Waals surface area contributed by atoms with Crippen molar-refractivity contribution in [1.82, 2.24) is 9.36 Å². The van der Waals surface area contributed by atoms with Crippen LogP contribution >= 0.6 is 34.7 Å². The van der Waals surface area contributed by atoms with E-state index >= 15 is 0 Å². The Morgan fingerprint density at radius 1 is 1.24 bits per heavy atom. The highest BCUT2D eigenvalue weighted by Gasteiger charge is 2.13. The van der Waals surface area contributed by atoms with Crippen molar-refractivity contribution in [2.45, 2.75) is 0 Å². The van der Waals surface area contributed by atoms with Gasteiger partial charge in [-0.1, -0.05) is 23.2 Å². The van der Waals surface area contributed by atoms with Gasteiger partial charge < -0.3 is 10.8 Å². The molecule has 0 fully saturated rings. The first kappa shape index (κ1) is 14.0. The second-order valence-corrected chi connectivity index (χ2v) is 5.53. The first-order valence-corrected chi connectivity index (χ1v) is 7.19. The number of aromatic hydroxyl groups is 1. The molecule has 0 unspecified atom stereocenters. The molecule has 9 heteroatoms. The van der Waals surface area contributed by atoms with Crippen molar-refractivity contribution in [2.24, 2.45) is 10.2 Å². The van der Waals surface area contributed by atoms with Crippen molar-refractivity contribution in [3.05, 3.63) is 34.4 Å². The van der Waals surface area contributed by atoms with Crippen LogP contribution in [0.3, 0.4) is 0 Å². The maximum absolute atomic E-state index is 9.58. The Labute approximate surface area is 133 Å². The summed E-state index contributed by atoms with van der Waals surface area (Å²) in [5, 5.41) is 19.1. The normalized spacial score (nSPS) is 11.5. The number of fused-ring (bicyclic) bond motifs is 1. The van der Waals surface area contributed by atoms with E-state index in [2.05, 4.69) is 19.6 Å². The van der Waals surface area contributed by atoms with Gasteiger partial charge in [-0.3, -0.25) is 0 Å². The molecule has 3 aromatic rings. The number of phenolic OH excluding ortho intramolecular Hbond substituents is 1. The van der Waals surface area contributed by atoms with Gasteiger partial charge in [0.2, 0.25) is 0 Å². The topological polar surface area (TPSA) is 96.8 Å². The van der Waals surface area contributed by atoms with Crippen LogP contribution in [0, 0.1) is 0 Å². The highest BCUT2D eigenvalue weighted by atomic mass is 35.5. The molecule has 0 spiro atoms. The smallest absolute Gasteiger partial charge is 0.175 e. The molecule has 0 radical (unpaired) electrons. The number of nitrogens with zero attached hydrogens (tertiary/aromatic N) is 4. The van der Waals surface area contributed by atoms with Crippen LogP contribution in [0.4, 0.5) is 16.4 Å². The van der Waals surface area contributed by atoms with Gasteiger partial charge in [-0.15, -0.1) is 10.2 Å². The number of nitrogens with two attached hydrogens (primary N) is 1. The lowest BCUT2D eigenvalue weighted by atomic mass is 10.2. The molecule has 106 valence electrons. The van der Waals surface area contributed by atoms with E-state index in [1.807, 2.05) is 6.07 Å². The van der Waals surface area contributed by atoms with Gasteiger partial charge >= 0.3 is 0 Å². The SMILES string of the molecule is Nc1cc(/N=N/c2snc3ncccc23)c(Cl)c(Cl)c1O. The zero-order valence-corrected chi connectivity index (χ0v) is 12.6. The van der Waals surface area contributed by atoms with Crippen molar-refractivity contribution < 1.29 is 5.11 Å². The van der Waals surface area contributed by atoms with E-state index < -0.39 is 0 Å². The number of aromatic nitrogens is 2. The summed E-state index contributed by atoms with van der Waals surface area (Å²) in [4.78, 5) is 4.11. The third kappa shape index (κ3) is 2.51. The Balaban J connectivity index is 2.04. The Morgan fingerprint density at radius 2 is 2.05 bits per heavy atom. The molecule has 1 aromatic carbocycles. The zero-order valence-electron chi connectivity index (χ0n) is 10.3. The Kier molecular flexibility index (Phi) is 3.62. The van der Waals surface area contributed by atoms with Crippen molar-refractivity contribution in [3.63, 3.8) is 0 Å². The Bertz CT molecular complexity index is 864. The molecule has 0 saturated carbocycles. The van der Waals surface area contributed by atoms with Gasteiger partial charge in [0.25, 0.3) is 0 Å². The summed E-state index contributed by atoms with van der Waals surface area (Å²) >= 11 is 13.0. The van der Waals surface area contributed by atoms with Crippen LogP contribution in [-0.4, -0.2) is 14.5 Å². The first-order chi connectivity index (χ1) is 10.1. The molecule has 0 saturated heterocycles. The van der Waals surface area contributed by atoms with Gasteiger partial charge in [-0.25, -0.2) is 4.98 Å². The summed E-state index contributed by atoms with van der Waals surface area (Å²) < 4.78 is 4.16. The average molecular weight is 340 g/mol. The number of nitrogen functional groups attached to an aromatic ring is 1. The van der Waals surface area contributed by atoms with Crippen molar-refractivity contribution in [1.29, 1.82) is 0 Å². The highest BCUT2D eigenvalue weighted by Crippen LogP contribution is 2.43. The lowest BCUT2D eigenvalue weighted by Gasteiger charge is -2.05. The van der Waals surface area contributed by atoms with Crippen LogP contribution in [0.25, 0.3) is 11.0 Å². The van der Waals surface area contributed by atoms with Crippen LogP contribution in [-0.2, 0) is 0 Å². The summed E-state index contributed by atoms with van der Waals surface area (Å²) in [5.74, 6) is -0.270. The van der Waals surface area contributed by atoms with Crippen LogP contribution in [0.2, 0.25) is 10.0 Å². The van der Waals surface area contributed by atoms with E-state index in [1.54, 1.807) is 12.3 Å². The molecule has 3 N–H and O–H groups in total. The van der Waals surface area contributed by atoms with E-state index in [4.69, 9.17) is 28.9 Å². The lowest BCUT2D eigenvalue weighted by molar-refractivity contribution is 0.478. The van der Waals surface area contributed by atoms with E-state index in [9.17, 15) is 5.11 Å². The maximum Gasteiger partial charge on any atom is 0.175 e. The molecule has 0 atom stereocenters. The molecule has 21 heavy (non-hydrogen) atoms. The van der Waals surface area contributed by atoms with Crippen molar-refractivity contribution in [2.75, 3.05) is 5.73 Å². The maximum atomic E-state index is 9.58. The highest BCUT2D eigenvalue weighted by molar-refractivity contribution is 7.11. The largest absolute Gasteiger partial charge is 0.504 e. The Hall–Kier alpha value is -1.96. The van der Waals surface area contributed by atoms with Crippen LogP contribution in [0.15, 0.2) is 34.6 Å². The van der Waals surface area contributed by atoms with E-state index in [0.717, 1.165) is 5.39 Å². The summed E-state index contributed by atoms with van der Waals surface area (Å²) in [5.41, 5.74) is 6.56. The molecule has 0 aliphatic carbocycles. The average Bonchev–Trinajstić information content (AvgIpc) is 2.91. The first-order valence-electron chi connectivity index (χ1n) is 5.66. The van der Waals surface area contributed by atoms with Crippen LogP contribution in [0.5, 0.6) is 5.75 Å². The predicted octanol–water partition coefficient (Wildman–Crippen LogP) is 4.70. The quantitative estimate of drug-likeness (QED) is 0.401. The molecular weight excluding hydrogens is 333 g/mol. The summed E-state index contributed by atoms with van der Waals surface area (Å²) in [6.07, 6.45) is 1.65. The molecule has 0 aliphatic heterocycles. The van der Waals surface area contributed by atoms with Gasteiger partial charge in [-0.2, -0.15) is 4.37 Å². The second-order valence-electron chi connectivity index (χ2n) is 4.02. The molecule has 6 nitrogen and oxygen atoms in total. The second kappa shape index (κ2) is 5.44. The summed E-state index contributed by atoms with van der Waals surface area (Å²) in [6.45, 7) is 0. The van der Waals surface area contributed by atoms with Crippen LogP contribution < -0.4 is 5.73 Å². The fourth-order valence-corrected chi connectivity index (χ4v) is 2.68. The number of anilines is 1. The molecule has 0 amide bonds. The standard InChI is InChI=1S/C12H7Cl2N5OS/c13-8-7(4-6(15)10(20)9(8)14)17-18-12-5-2-1-3-16-11(5)19-21-12/h1-4,20H,15H2/b18-17+. The number of hydrogen-bond acceptors (Lipinski definition) is 7. The van der Waals surface area contributed by atoms with Gasteiger partial charge in [0.1, 0.15) is 10.7 Å². The van der Waals surface area contributed by atoms with Gasteiger partial charge in [0, 0.05) is 6.20 Å². The molecule has 2 aromatic heterocycles. The van der Waals surface area contributed by atoms with Gasteiger partial charge in [0.05, 0.1) is 16.1 Å². The fraction of sp³-hybridized carbons (Fsp3) is 0. The van der Waals surface area contributed by atoms with Crippen molar-refractivity contribution in [3.8, 4) is 5.75 Å². The van der Waals surface area contributed by atoms with E-state index in [-0.39, 0.29) is 27.2 Å². The number of azo groups is 1. The summed E-state index contributed by atoms with van der Waals surface area (Å²) in [7, 11) is 0. The number of rotatable bonds is 2. The molecule has 0 bridgehead atoms. The van der Waals surface area contributed by atoms with Gasteiger partial charge in [0.15, 0.2) is 16.4 Å². The number of phenols is 1. The predicted molar refractivity (Wildman–Crippen MR) is 84.1 cm³/mol. The Morgan fingerprint density at radius 3 is 2.86 bits per heavy atom. The van der Waals surface area contributed by atoms with Crippen molar-refractivity contribution >= 4 is 62.1 Å². The van der Waals surface area contributed by atoms with Crippen LogP contribution in [0.1, 0.15) is 0 Å². The van der Waals surface area contributed by atoms with E-state index in [0.29, 0.717) is 10.6 Å². The summed E-state index contributed by atoms with van der Waals surface area (Å²) in [6, 6.07) is 5.03. The number of pyridine rings is 1. The minimum atomic E-state index is -0.270. The third-order valence-corrected chi connectivity index (χ3v) is 4.26. The zero-order chi connectivity index (χ0) is 15.0. The minimum Gasteiger partial charge on any atom is -0.504 e. The number of halogens is 2. The fourth-order valence-electron chi connectivity index (χ4n) is 1.64. The molecule has 2 heterocycles.